The highest BCUT2D eigenvalue weighted by Gasteiger charge is 2.04. The third-order valence-electron chi connectivity index (χ3n) is 2.36. The quantitative estimate of drug-likeness (QED) is 0.514. The molecule has 0 saturated carbocycles. The van der Waals surface area contributed by atoms with Crippen molar-refractivity contribution in [2.24, 2.45) is 0 Å². The summed E-state index contributed by atoms with van der Waals surface area (Å²) < 4.78 is 0. The minimum atomic E-state index is 0.0107. The second-order valence-electron chi connectivity index (χ2n) is 3.80. The van der Waals surface area contributed by atoms with Crippen molar-refractivity contribution in [3.63, 3.8) is 0 Å². The lowest BCUT2D eigenvalue weighted by Crippen LogP contribution is -2.34. The average molecular weight is 229 g/mol. The van der Waals surface area contributed by atoms with Crippen LogP contribution in [0.3, 0.4) is 0 Å². The lowest BCUT2D eigenvalue weighted by Gasteiger charge is -2.11. The van der Waals surface area contributed by atoms with Gasteiger partial charge in [-0.2, -0.15) is 0 Å². The maximum atomic E-state index is 11.3. The van der Waals surface area contributed by atoms with Gasteiger partial charge in [0.2, 0.25) is 11.8 Å². The second-order valence-corrected chi connectivity index (χ2v) is 3.80. The molecule has 5 heteroatoms. The summed E-state index contributed by atoms with van der Waals surface area (Å²) in [5.74, 6) is 0.0679. The fraction of sp³-hybridized carbons (Fsp3) is 0.818. The van der Waals surface area contributed by atoms with E-state index in [1.807, 2.05) is 13.8 Å². The summed E-state index contributed by atoms with van der Waals surface area (Å²) in [6.07, 6.45) is 1.84. The molecule has 16 heavy (non-hydrogen) atoms. The molecular weight excluding hydrogens is 206 g/mol. The van der Waals surface area contributed by atoms with Crippen molar-refractivity contribution < 1.29 is 9.59 Å². The Morgan fingerprint density at radius 2 is 1.69 bits per heavy atom. The Morgan fingerprint density at radius 1 is 1.12 bits per heavy atom. The van der Waals surface area contributed by atoms with E-state index in [0.29, 0.717) is 25.9 Å². The minimum Gasteiger partial charge on any atom is -0.359 e. The first-order chi connectivity index (χ1) is 7.60. The molecule has 0 aromatic heterocycles. The minimum absolute atomic E-state index is 0.0107. The summed E-state index contributed by atoms with van der Waals surface area (Å²) in [5.41, 5.74) is 0. The third-order valence-corrected chi connectivity index (χ3v) is 2.36. The molecule has 0 bridgehead atoms. The Balaban J connectivity index is 3.38. The highest BCUT2D eigenvalue weighted by molar-refractivity contribution is 5.76. The molecule has 0 aromatic rings. The van der Waals surface area contributed by atoms with Crippen LogP contribution < -0.4 is 16.0 Å². The zero-order valence-corrected chi connectivity index (χ0v) is 10.4. The van der Waals surface area contributed by atoms with E-state index in [1.165, 1.54) is 0 Å². The van der Waals surface area contributed by atoms with Gasteiger partial charge in [-0.15, -0.1) is 0 Å². The predicted octanol–water partition coefficient (Wildman–Crippen LogP) is 0.0169. The van der Waals surface area contributed by atoms with Gasteiger partial charge in [0, 0.05) is 39.0 Å². The lowest BCUT2D eigenvalue weighted by atomic mass is 10.2. The molecule has 0 aliphatic heterocycles. The van der Waals surface area contributed by atoms with Gasteiger partial charge in [0.25, 0.3) is 0 Å². The van der Waals surface area contributed by atoms with Crippen LogP contribution >= 0.6 is 0 Å². The number of carbonyl (C=O) groups is 2. The lowest BCUT2D eigenvalue weighted by molar-refractivity contribution is -0.121. The van der Waals surface area contributed by atoms with Crippen LogP contribution in [0.1, 0.15) is 33.1 Å². The normalized spacial score (nSPS) is 11.9. The van der Waals surface area contributed by atoms with Crippen LogP contribution in [0.15, 0.2) is 0 Å². The Morgan fingerprint density at radius 3 is 2.19 bits per heavy atom. The van der Waals surface area contributed by atoms with Gasteiger partial charge < -0.3 is 16.0 Å². The molecule has 0 spiro atoms. The smallest absolute Gasteiger partial charge is 0.221 e. The summed E-state index contributed by atoms with van der Waals surface area (Å²) in [6, 6.07) is 0.235. The maximum absolute atomic E-state index is 11.3. The van der Waals surface area contributed by atoms with Crippen molar-refractivity contribution in [3.8, 4) is 0 Å². The van der Waals surface area contributed by atoms with Crippen LogP contribution in [0.2, 0.25) is 0 Å². The second kappa shape index (κ2) is 9.15. The standard InChI is InChI=1S/C11H23N3O2/c1-4-9(2)14-11(16)6-8-13-7-5-10(15)12-3/h9,13H,4-8H2,1-3H3,(H,12,15)(H,14,16). The monoisotopic (exact) mass is 229 g/mol. The van der Waals surface area contributed by atoms with E-state index >= 15 is 0 Å². The molecule has 3 N–H and O–H groups in total. The fourth-order valence-electron chi connectivity index (χ4n) is 1.10. The van der Waals surface area contributed by atoms with Gasteiger partial charge >= 0.3 is 0 Å². The summed E-state index contributed by atoms with van der Waals surface area (Å²) in [7, 11) is 1.61. The van der Waals surface area contributed by atoms with Crippen molar-refractivity contribution in [1.29, 1.82) is 0 Å². The first-order valence-electron chi connectivity index (χ1n) is 5.80. The molecular formula is C11H23N3O2. The van der Waals surface area contributed by atoms with E-state index in [9.17, 15) is 9.59 Å². The molecule has 0 rings (SSSR count). The van der Waals surface area contributed by atoms with E-state index < -0.39 is 0 Å². The average Bonchev–Trinajstić information content (AvgIpc) is 2.27. The van der Waals surface area contributed by atoms with Crippen LogP contribution in [0.5, 0.6) is 0 Å². The molecule has 5 nitrogen and oxygen atoms in total. The number of hydrogen-bond acceptors (Lipinski definition) is 3. The molecule has 0 heterocycles. The molecule has 94 valence electrons. The van der Waals surface area contributed by atoms with E-state index in [2.05, 4.69) is 16.0 Å². The van der Waals surface area contributed by atoms with Crippen molar-refractivity contribution in [2.75, 3.05) is 20.1 Å². The molecule has 0 aromatic carbocycles. The summed E-state index contributed by atoms with van der Waals surface area (Å²) in [6.45, 7) is 5.24. The summed E-state index contributed by atoms with van der Waals surface area (Å²) >= 11 is 0. The van der Waals surface area contributed by atoms with Crippen LogP contribution in [0.4, 0.5) is 0 Å². The van der Waals surface area contributed by atoms with Crippen LogP contribution in [-0.4, -0.2) is 38.0 Å². The summed E-state index contributed by atoms with van der Waals surface area (Å²) in [4.78, 5) is 22.2. The molecule has 0 fully saturated rings. The zero-order chi connectivity index (χ0) is 12.4. The number of hydrogen-bond donors (Lipinski definition) is 3. The highest BCUT2D eigenvalue weighted by Crippen LogP contribution is 1.89. The van der Waals surface area contributed by atoms with Crippen LogP contribution in [0.25, 0.3) is 0 Å². The van der Waals surface area contributed by atoms with E-state index in [1.54, 1.807) is 7.05 Å². The first kappa shape index (κ1) is 14.9. The molecule has 1 unspecified atom stereocenters. The van der Waals surface area contributed by atoms with Gasteiger partial charge in [0.15, 0.2) is 0 Å². The van der Waals surface area contributed by atoms with Crippen LogP contribution in [0, 0.1) is 0 Å². The molecule has 2 amide bonds. The number of amides is 2. The van der Waals surface area contributed by atoms with Gasteiger partial charge in [0.1, 0.15) is 0 Å². The van der Waals surface area contributed by atoms with E-state index in [-0.39, 0.29) is 17.9 Å². The fourth-order valence-corrected chi connectivity index (χ4v) is 1.10. The van der Waals surface area contributed by atoms with Crippen molar-refractivity contribution in [3.05, 3.63) is 0 Å². The van der Waals surface area contributed by atoms with E-state index in [4.69, 9.17) is 0 Å². The Bertz CT molecular complexity index is 219. The van der Waals surface area contributed by atoms with Crippen molar-refractivity contribution >= 4 is 11.8 Å². The highest BCUT2D eigenvalue weighted by atomic mass is 16.2. The van der Waals surface area contributed by atoms with Crippen molar-refractivity contribution in [2.45, 2.75) is 39.2 Å². The number of carbonyl (C=O) groups excluding carboxylic acids is 2. The van der Waals surface area contributed by atoms with Gasteiger partial charge in [0.05, 0.1) is 0 Å². The first-order valence-corrected chi connectivity index (χ1v) is 5.80. The predicted molar refractivity (Wildman–Crippen MR) is 64.1 cm³/mol. The summed E-state index contributed by atoms with van der Waals surface area (Å²) in [5, 5.41) is 8.47. The van der Waals surface area contributed by atoms with E-state index in [0.717, 1.165) is 6.42 Å². The Labute approximate surface area is 97.4 Å². The molecule has 1 atom stereocenters. The van der Waals surface area contributed by atoms with Crippen molar-refractivity contribution in [1.82, 2.24) is 16.0 Å². The third kappa shape index (κ3) is 8.23. The molecule has 0 radical (unpaired) electrons. The number of nitrogens with one attached hydrogen (secondary N) is 3. The zero-order valence-electron chi connectivity index (χ0n) is 10.4. The van der Waals surface area contributed by atoms with Gasteiger partial charge in [-0.05, 0) is 13.3 Å². The Kier molecular flexibility index (Phi) is 8.52. The Hall–Kier alpha value is -1.10. The van der Waals surface area contributed by atoms with Gasteiger partial charge in [-0.3, -0.25) is 9.59 Å². The molecule has 0 aliphatic carbocycles. The molecule has 0 aliphatic rings. The van der Waals surface area contributed by atoms with Gasteiger partial charge in [-0.1, -0.05) is 6.92 Å². The molecule has 0 saturated heterocycles. The number of rotatable bonds is 8. The SMILES string of the molecule is CCC(C)NC(=O)CCNCCC(=O)NC. The van der Waals surface area contributed by atoms with Gasteiger partial charge in [-0.25, -0.2) is 0 Å². The topological polar surface area (TPSA) is 70.2 Å². The van der Waals surface area contributed by atoms with Crippen LogP contribution in [-0.2, 0) is 9.59 Å². The largest absolute Gasteiger partial charge is 0.359 e. The maximum Gasteiger partial charge on any atom is 0.221 e.